The first-order valence-corrected chi connectivity index (χ1v) is 7.94. The Labute approximate surface area is 146 Å². The van der Waals surface area contributed by atoms with E-state index in [1.807, 2.05) is 60.7 Å². The van der Waals surface area contributed by atoms with E-state index in [0.717, 1.165) is 16.5 Å². The Hall–Kier alpha value is -3.27. The van der Waals surface area contributed by atoms with E-state index in [-0.39, 0.29) is 0 Å². The lowest BCUT2D eigenvalue weighted by Gasteiger charge is -2.16. The van der Waals surface area contributed by atoms with E-state index in [4.69, 9.17) is 9.47 Å². The smallest absolute Gasteiger partial charge is 0.338 e. The van der Waals surface area contributed by atoms with Gasteiger partial charge in [-0.05, 0) is 19.1 Å². The maximum atomic E-state index is 12.0. The monoisotopic (exact) mass is 333 g/mol. The minimum atomic E-state index is -0.460. The Kier molecular flexibility index (Phi) is 4.70. The largest absolute Gasteiger partial charge is 0.457 e. The van der Waals surface area contributed by atoms with Gasteiger partial charge in [-0.3, -0.25) is 0 Å². The topological polar surface area (TPSA) is 47.6 Å². The summed E-state index contributed by atoms with van der Waals surface area (Å²) in [4.78, 5) is 12.0. The molecule has 0 saturated carbocycles. The molecule has 0 aromatic heterocycles. The number of para-hydroxylation sites is 1. The molecule has 0 heterocycles. The number of rotatable bonds is 5. The fraction of sp³-hybridized carbons (Fsp3) is 0.0952. The molecule has 0 aliphatic heterocycles. The number of anilines is 1. The molecule has 3 aromatic carbocycles. The number of benzene rings is 3. The molecule has 0 radical (unpaired) electrons. The van der Waals surface area contributed by atoms with Gasteiger partial charge in [0.15, 0.2) is 5.75 Å². The number of fused-ring (bicyclic) bond motifs is 1. The van der Waals surface area contributed by atoms with Crippen LogP contribution in [0.25, 0.3) is 10.8 Å². The summed E-state index contributed by atoms with van der Waals surface area (Å²) in [7, 11) is 1.77. The quantitative estimate of drug-likeness (QED) is 0.398. The van der Waals surface area contributed by atoms with Gasteiger partial charge in [0.1, 0.15) is 11.5 Å². The van der Waals surface area contributed by atoms with Crippen molar-refractivity contribution >= 4 is 22.4 Å². The first kappa shape index (κ1) is 16.6. The molecular weight excluding hydrogens is 314 g/mol. The average Bonchev–Trinajstić information content (AvgIpc) is 2.64. The average molecular weight is 333 g/mol. The fourth-order valence-corrected chi connectivity index (χ4v) is 2.49. The Morgan fingerprint density at radius 2 is 1.64 bits per heavy atom. The van der Waals surface area contributed by atoms with E-state index in [0.29, 0.717) is 22.8 Å². The molecule has 3 aromatic rings. The number of hydrogen-bond donors (Lipinski definition) is 1. The van der Waals surface area contributed by atoms with Gasteiger partial charge in [-0.2, -0.15) is 0 Å². The molecule has 126 valence electrons. The second kappa shape index (κ2) is 7.09. The molecule has 0 aliphatic carbocycles. The standard InChI is InChI=1S/C21H19NO3/c1-14(2)21(23)25-20-17-12-8-7-11-16(17)19(13-18(20)22-3)24-15-9-5-4-6-10-15/h4-13,22H,1H2,2-3H3. The van der Waals surface area contributed by atoms with Crippen molar-refractivity contribution in [1.82, 2.24) is 0 Å². The van der Waals surface area contributed by atoms with Gasteiger partial charge in [0.2, 0.25) is 0 Å². The van der Waals surface area contributed by atoms with Gasteiger partial charge >= 0.3 is 5.97 Å². The minimum absolute atomic E-state index is 0.343. The highest BCUT2D eigenvalue weighted by atomic mass is 16.5. The predicted molar refractivity (Wildman–Crippen MR) is 100 cm³/mol. The van der Waals surface area contributed by atoms with Crippen LogP contribution in [0, 0.1) is 0 Å². The van der Waals surface area contributed by atoms with Crippen molar-refractivity contribution in [2.45, 2.75) is 6.92 Å². The zero-order chi connectivity index (χ0) is 17.8. The molecule has 0 spiro atoms. The molecule has 3 rings (SSSR count). The molecule has 0 fully saturated rings. The molecular formula is C21H19NO3. The third-order valence-corrected chi connectivity index (χ3v) is 3.74. The van der Waals surface area contributed by atoms with Crippen LogP contribution < -0.4 is 14.8 Å². The van der Waals surface area contributed by atoms with Crippen LogP contribution in [-0.4, -0.2) is 13.0 Å². The van der Waals surface area contributed by atoms with Crippen LogP contribution in [0.3, 0.4) is 0 Å². The zero-order valence-electron chi connectivity index (χ0n) is 14.2. The SMILES string of the molecule is C=C(C)C(=O)Oc1c(NC)cc(Oc2ccccc2)c2ccccc12. The van der Waals surface area contributed by atoms with E-state index in [1.54, 1.807) is 14.0 Å². The van der Waals surface area contributed by atoms with Crippen LogP contribution in [0.5, 0.6) is 17.2 Å². The summed E-state index contributed by atoms with van der Waals surface area (Å²) in [6.45, 7) is 5.26. The Balaban J connectivity index is 2.14. The summed E-state index contributed by atoms with van der Waals surface area (Å²) >= 11 is 0. The Bertz CT molecular complexity index is 933. The van der Waals surface area contributed by atoms with E-state index >= 15 is 0 Å². The van der Waals surface area contributed by atoms with Gasteiger partial charge in [0.25, 0.3) is 0 Å². The molecule has 0 aliphatic rings. The molecule has 0 saturated heterocycles. The van der Waals surface area contributed by atoms with Crippen molar-refractivity contribution in [1.29, 1.82) is 0 Å². The van der Waals surface area contributed by atoms with Crippen molar-refractivity contribution in [2.24, 2.45) is 0 Å². The molecule has 0 amide bonds. The summed E-state index contributed by atoms with van der Waals surface area (Å²) in [6, 6.07) is 19.0. The van der Waals surface area contributed by atoms with Crippen molar-refractivity contribution in [3.8, 4) is 17.2 Å². The van der Waals surface area contributed by atoms with Gasteiger partial charge in [0.05, 0.1) is 5.69 Å². The van der Waals surface area contributed by atoms with Crippen molar-refractivity contribution in [2.75, 3.05) is 12.4 Å². The predicted octanol–water partition coefficient (Wildman–Crippen LogP) is 5.16. The molecule has 0 atom stereocenters. The number of nitrogens with one attached hydrogen (secondary N) is 1. The van der Waals surface area contributed by atoms with Gasteiger partial charge in [-0.1, -0.05) is 49.0 Å². The van der Waals surface area contributed by atoms with Gasteiger partial charge in [-0.15, -0.1) is 0 Å². The highest BCUT2D eigenvalue weighted by Crippen LogP contribution is 2.41. The maximum Gasteiger partial charge on any atom is 0.338 e. The molecule has 0 unspecified atom stereocenters. The van der Waals surface area contributed by atoms with Crippen LogP contribution in [0.2, 0.25) is 0 Å². The van der Waals surface area contributed by atoms with Gasteiger partial charge in [0, 0.05) is 29.5 Å². The van der Waals surface area contributed by atoms with Gasteiger partial charge in [-0.25, -0.2) is 4.79 Å². The summed E-state index contributed by atoms with van der Waals surface area (Å²) in [5, 5.41) is 4.71. The summed E-state index contributed by atoms with van der Waals surface area (Å²) < 4.78 is 11.6. The Morgan fingerprint density at radius 1 is 1.00 bits per heavy atom. The first-order chi connectivity index (χ1) is 12.1. The van der Waals surface area contributed by atoms with E-state index in [2.05, 4.69) is 11.9 Å². The van der Waals surface area contributed by atoms with Gasteiger partial charge < -0.3 is 14.8 Å². The van der Waals surface area contributed by atoms with Crippen LogP contribution in [0.15, 0.2) is 72.8 Å². The summed E-state index contributed by atoms with van der Waals surface area (Å²) in [5.41, 5.74) is 1.01. The number of ether oxygens (including phenoxy) is 2. The van der Waals surface area contributed by atoms with Crippen LogP contribution in [0.1, 0.15) is 6.92 Å². The second-order valence-electron chi connectivity index (χ2n) is 5.63. The van der Waals surface area contributed by atoms with Crippen molar-refractivity contribution in [3.05, 3.63) is 72.8 Å². The lowest BCUT2D eigenvalue weighted by atomic mass is 10.1. The normalized spacial score (nSPS) is 10.3. The van der Waals surface area contributed by atoms with Crippen LogP contribution in [-0.2, 0) is 4.79 Å². The number of esters is 1. The number of carbonyl (C=O) groups is 1. The second-order valence-corrected chi connectivity index (χ2v) is 5.63. The number of carbonyl (C=O) groups excluding carboxylic acids is 1. The molecule has 0 bridgehead atoms. The van der Waals surface area contributed by atoms with E-state index in [9.17, 15) is 4.79 Å². The fourth-order valence-electron chi connectivity index (χ4n) is 2.49. The van der Waals surface area contributed by atoms with Crippen LogP contribution >= 0.6 is 0 Å². The summed E-state index contributed by atoms with van der Waals surface area (Å²) in [5.74, 6) is 1.42. The molecule has 4 nitrogen and oxygen atoms in total. The van der Waals surface area contributed by atoms with E-state index < -0.39 is 5.97 Å². The van der Waals surface area contributed by atoms with Crippen molar-refractivity contribution in [3.63, 3.8) is 0 Å². The lowest BCUT2D eigenvalue weighted by molar-refractivity contribution is -0.129. The highest BCUT2D eigenvalue weighted by Gasteiger charge is 2.17. The maximum absolute atomic E-state index is 12.0. The number of hydrogen-bond acceptors (Lipinski definition) is 4. The first-order valence-electron chi connectivity index (χ1n) is 7.94. The summed E-state index contributed by atoms with van der Waals surface area (Å²) in [6.07, 6.45) is 0. The lowest BCUT2D eigenvalue weighted by Crippen LogP contribution is -2.10. The molecule has 25 heavy (non-hydrogen) atoms. The molecule has 4 heteroatoms. The zero-order valence-corrected chi connectivity index (χ0v) is 14.2. The van der Waals surface area contributed by atoms with Crippen LogP contribution in [0.4, 0.5) is 5.69 Å². The highest BCUT2D eigenvalue weighted by molar-refractivity contribution is 6.01. The minimum Gasteiger partial charge on any atom is -0.457 e. The van der Waals surface area contributed by atoms with E-state index in [1.165, 1.54) is 0 Å². The third kappa shape index (κ3) is 3.48. The van der Waals surface area contributed by atoms with Crippen molar-refractivity contribution < 1.29 is 14.3 Å². The Morgan fingerprint density at radius 3 is 2.28 bits per heavy atom. The third-order valence-electron chi connectivity index (χ3n) is 3.74. The molecule has 1 N–H and O–H groups in total.